The van der Waals surface area contributed by atoms with Crippen molar-refractivity contribution in [2.45, 2.75) is 0 Å². The van der Waals surface area contributed by atoms with Crippen LogP contribution in [0.1, 0.15) is 0 Å². The predicted molar refractivity (Wildman–Crippen MR) is 111 cm³/mol. The third kappa shape index (κ3) is 3.69. The topological polar surface area (TPSA) is 9.23 Å². The Labute approximate surface area is 180 Å². The Kier molecular flexibility index (Phi) is 6.00. The Morgan fingerprint density at radius 3 is 1.03 bits per heavy atom. The second kappa shape index (κ2) is 8.70. The average molecular weight is 533 g/mol. The Balaban J connectivity index is 2.08. The first kappa shape index (κ1) is 21.4. The van der Waals surface area contributed by atoms with E-state index in [1.807, 2.05) is 0 Å². The first-order valence-corrected chi connectivity index (χ1v) is 14.8. The number of rotatable bonds is 5. The molecule has 0 saturated heterocycles. The SMILES string of the molecule is Fc1c(F)c(F)c([O][Sn]([c]2ccccc2)([c]2ccccc2)[c]2ccccc2)c(F)c1F. The molecule has 4 rings (SSSR count). The second-order valence-corrected chi connectivity index (χ2v) is 16.2. The van der Waals surface area contributed by atoms with Crippen LogP contribution in [0.4, 0.5) is 22.0 Å². The van der Waals surface area contributed by atoms with Crippen LogP contribution in [0, 0.1) is 29.1 Å². The summed E-state index contributed by atoms with van der Waals surface area (Å²) in [5.74, 6) is -11.5. The molecule has 0 atom stereocenters. The molecule has 0 saturated carbocycles. The quantitative estimate of drug-likeness (QED) is 0.160. The standard InChI is InChI=1S/C6HF5O.3C6H5.Sn/c7-1-2(8)4(10)6(12)5(11)3(1)9;3*1-2-4-6-5-3-1;/h12H;3*1-5H;/q;;;;+1/p-1. The van der Waals surface area contributed by atoms with Crippen LogP contribution in [0.15, 0.2) is 91.0 Å². The van der Waals surface area contributed by atoms with Crippen molar-refractivity contribution in [1.82, 2.24) is 0 Å². The van der Waals surface area contributed by atoms with Crippen molar-refractivity contribution >= 4 is 29.5 Å². The van der Waals surface area contributed by atoms with Crippen molar-refractivity contribution in [3.63, 3.8) is 0 Å². The van der Waals surface area contributed by atoms with Gasteiger partial charge in [-0.05, 0) is 0 Å². The fourth-order valence-corrected chi connectivity index (χ4v) is 14.4. The number of benzene rings is 4. The van der Waals surface area contributed by atoms with Crippen molar-refractivity contribution in [2.75, 3.05) is 0 Å². The molecule has 31 heavy (non-hydrogen) atoms. The molecule has 0 spiro atoms. The van der Waals surface area contributed by atoms with Gasteiger partial charge in [-0.1, -0.05) is 0 Å². The number of hydrogen-bond acceptors (Lipinski definition) is 1. The molecule has 0 aliphatic carbocycles. The van der Waals surface area contributed by atoms with Gasteiger partial charge in [-0.15, -0.1) is 0 Å². The molecule has 0 fully saturated rings. The van der Waals surface area contributed by atoms with E-state index in [1.54, 1.807) is 91.0 Å². The molecule has 156 valence electrons. The van der Waals surface area contributed by atoms with Gasteiger partial charge in [-0.3, -0.25) is 0 Å². The van der Waals surface area contributed by atoms with E-state index in [9.17, 15) is 22.0 Å². The first-order chi connectivity index (χ1) is 15.0. The molecule has 0 radical (unpaired) electrons. The van der Waals surface area contributed by atoms with Gasteiger partial charge in [0.25, 0.3) is 0 Å². The molecule has 0 heterocycles. The van der Waals surface area contributed by atoms with Crippen molar-refractivity contribution in [1.29, 1.82) is 0 Å². The van der Waals surface area contributed by atoms with Crippen LogP contribution in [-0.4, -0.2) is 18.8 Å². The van der Waals surface area contributed by atoms with Gasteiger partial charge in [0.15, 0.2) is 0 Å². The van der Waals surface area contributed by atoms with E-state index >= 15 is 0 Å². The van der Waals surface area contributed by atoms with E-state index in [-0.39, 0.29) is 0 Å². The molecule has 0 amide bonds. The minimum absolute atomic E-state index is 0.651. The normalized spacial score (nSPS) is 11.4. The molecule has 0 aliphatic rings. The summed E-state index contributed by atoms with van der Waals surface area (Å²) in [7, 11) is 0. The first-order valence-electron chi connectivity index (χ1n) is 9.34. The van der Waals surface area contributed by atoms with Gasteiger partial charge in [0.2, 0.25) is 0 Å². The number of hydrogen-bond donors (Lipinski definition) is 0. The van der Waals surface area contributed by atoms with Crippen LogP contribution < -0.4 is 13.8 Å². The van der Waals surface area contributed by atoms with Crippen LogP contribution in [0.25, 0.3) is 0 Å². The summed E-state index contributed by atoms with van der Waals surface area (Å²) in [6.07, 6.45) is 0. The van der Waals surface area contributed by atoms with Crippen molar-refractivity contribution in [3.05, 3.63) is 120 Å². The van der Waals surface area contributed by atoms with Crippen LogP contribution in [0.3, 0.4) is 0 Å². The Morgan fingerprint density at radius 1 is 0.419 bits per heavy atom. The van der Waals surface area contributed by atoms with E-state index in [0.717, 1.165) is 0 Å². The summed E-state index contributed by atoms with van der Waals surface area (Å²) >= 11 is -4.77. The van der Waals surface area contributed by atoms with Gasteiger partial charge in [0.1, 0.15) is 0 Å². The summed E-state index contributed by atoms with van der Waals surface area (Å²) in [6.45, 7) is 0. The summed E-state index contributed by atoms with van der Waals surface area (Å²) in [5.41, 5.74) is 0. The molecule has 0 unspecified atom stereocenters. The van der Waals surface area contributed by atoms with Crippen molar-refractivity contribution < 1.29 is 25.0 Å². The van der Waals surface area contributed by atoms with Crippen LogP contribution in [-0.2, 0) is 0 Å². The summed E-state index contributed by atoms with van der Waals surface area (Å²) in [5, 5.41) is 0. The van der Waals surface area contributed by atoms with Crippen molar-refractivity contribution in [2.24, 2.45) is 0 Å². The molecule has 1 nitrogen and oxygen atoms in total. The van der Waals surface area contributed by atoms with Crippen LogP contribution in [0.2, 0.25) is 0 Å². The van der Waals surface area contributed by atoms with Gasteiger partial charge < -0.3 is 0 Å². The zero-order valence-electron chi connectivity index (χ0n) is 16.0. The van der Waals surface area contributed by atoms with Gasteiger partial charge in [-0.2, -0.15) is 0 Å². The van der Waals surface area contributed by atoms with Crippen molar-refractivity contribution in [3.8, 4) is 5.75 Å². The third-order valence-corrected chi connectivity index (χ3v) is 16.2. The predicted octanol–water partition coefficient (Wildman–Crippen LogP) is 4.43. The van der Waals surface area contributed by atoms with E-state index < -0.39 is 53.6 Å². The molecule has 4 aromatic carbocycles. The zero-order valence-corrected chi connectivity index (χ0v) is 18.8. The van der Waals surface area contributed by atoms with Gasteiger partial charge in [0, 0.05) is 0 Å². The maximum atomic E-state index is 14.7. The minimum atomic E-state index is -4.77. The fourth-order valence-electron chi connectivity index (χ4n) is 3.52. The number of halogens is 5. The molecule has 0 bridgehead atoms. The summed E-state index contributed by atoms with van der Waals surface area (Å²) < 4.78 is 78.9. The Bertz CT molecular complexity index is 1080. The fraction of sp³-hybridized carbons (Fsp3) is 0. The van der Waals surface area contributed by atoms with E-state index in [0.29, 0.717) is 10.7 Å². The zero-order chi connectivity index (χ0) is 22.0. The Hall–Kier alpha value is -2.87. The van der Waals surface area contributed by atoms with E-state index in [2.05, 4.69) is 0 Å². The molecule has 4 aromatic rings. The maximum absolute atomic E-state index is 14.7. The Morgan fingerprint density at radius 2 is 0.710 bits per heavy atom. The van der Waals surface area contributed by atoms with Gasteiger partial charge in [-0.25, -0.2) is 0 Å². The molecule has 0 aromatic heterocycles. The summed E-state index contributed by atoms with van der Waals surface area (Å²) in [4.78, 5) is 0. The van der Waals surface area contributed by atoms with E-state index in [4.69, 9.17) is 3.07 Å². The molecular formula is C24H15F5OSn. The van der Waals surface area contributed by atoms with E-state index in [1.165, 1.54) is 0 Å². The molecule has 0 aliphatic heterocycles. The third-order valence-electron chi connectivity index (χ3n) is 4.97. The average Bonchev–Trinajstić information content (AvgIpc) is 2.83. The van der Waals surface area contributed by atoms with Gasteiger partial charge >= 0.3 is 180 Å². The summed E-state index contributed by atoms with van der Waals surface area (Å²) in [6, 6.07) is 26.3. The molecular weight excluding hydrogens is 518 g/mol. The molecule has 0 N–H and O–H groups in total. The van der Waals surface area contributed by atoms with Crippen LogP contribution >= 0.6 is 0 Å². The molecule has 7 heteroatoms. The van der Waals surface area contributed by atoms with Gasteiger partial charge in [0.05, 0.1) is 0 Å². The monoisotopic (exact) mass is 534 g/mol. The van der Waals surface area contributed by atoms with Crippen LogP contribution in [0.5, 0.6) is 5.75 Å². The second-order valence-electron chi connectivity index (χ2n) is 6.78.